The number of halogens is 3. The van der Waals surface area contributed by atoms with E-state index in [4.69, 9.17) is 9.84 Å². The van der Waals surface area contributed by atoms with E-state index >= 15 is 0 Å². The summed E-state index contributed by atoms with van der Waals surface area (Å²) in [5, 5.41) is 11.1. The number of nitrogens with one attached hydrogen (secondary N) is 1. The lowest BCUT2D eigenvalue weighted by atomic mass is 10.0. The topological polar surface area (TPSA) is 88.5 Å². The van der Waals surface area contributed by atoms with Gasteiger partial charge in [0.25, 0.3) is 5.91 Å². The van der Waals surface area contributed by atoms with E-state index in [-0.39, 0.29) is 24.8 Å². The summed E-state index contributed by atoms with van der Waals surface area (Å²) in [6.45, 7) is 2.36. The SMILES string of the molecule is CC(COc1ccc(C(=O)NCCC(=O)O)cc1)c1ccc(-c2ccc(C(F)(F)F)cc2)nc1. The van der Waals surface area contributed by atoms with Gasteiger partial charge in [-0.15, -0.1) is 0 Å². The first-order chi connectivity index (χ1) is 16.1. The van der Waals surface area contributed by atoms with Crippen molar-refractivity contribution in [2.45, 2.75) is 25.4 Å². The maximum atomic E-state index is 12.7. The summed E-state index contributed by atoms with van der Waals surface area (Å²) in [5.41, 5.74) is 1.77. The molecule has 1 aromatic heterocycles. The minimum absolute atomic E-state index is 0.00634. The maximum Gasteiger partial charge on any atom is 0.416 e. The van der Waals surface area contributed by atoms with Crippen molar-refractivity contribution in [2.24, 2.45) is 0 Å². The zero-order valence-electron chi connectivity index (χ0n) is 18.3. The number of aromatic nitrogens is 1. The molecule has 0 spiro atoms. The molecule has 0 radical (unpaired) electrons. The highest BCUT2D eigenvalue weighted by Gasteiger charge is 2.30. The highest BCUT2D eigenvalue weighted by molar-refractivity contribution is 5.94. The van der Waals surface area contributed by atoms with Gasteiger partial charge in [0, 0.05) is 29.8 Å². The van der Waals surface area contributed by atoms with E-state index < -0.39 is 17.7 Å². The molecule has 0 aliphatic carbocycles. The minimum atomic E-state index is -4.38. The Balaban J connectivity index is 1.53. The van der Waals surface area contributed by atoms with Crippen molar-refractivity contribution in [1.29, 1.82) is 0 Å². The number of hydrogen-bond donors (Lipinski definition) is 2. The van der Waals surface area contributed by atoms with Crippen LogP contribution in [0.4, 0.5) is 13.2 Å². The third-order valence-corrected chi connectivity index (χ3v) is 5.10. The first-order valence-corrected chi connectivity index (χ1v) is 10.5. The molecule has 34 heavy (non-hydrogen) atoms. The van der Waals surface area contributed by atoms with Crippen LogP contribution in [-0.4, -0.2) is 35.1 Å². The molecule has 1 unspecified atom stereocenters. The van der Waals surface area contributed by atoms with Crippen LogP contribution in [0.2, 0.25) is 0 Å². The number of carbonyl (C=O) groups is 2. The first-order valence-electron chi connectivity index (χ1n) is 10.5. The molecule has 0 aliphatic heterocycles. The number of carboxylic acids is 1. The molecule has 3 aromatic rings. The molecule has 0 fully saturated rings. The van der Waals surface area contributed by atoms with E-state index in [0.717, 1.165) is 17.7 Å². The Kier molecular flexibility index (Phi) is 7.88. The van der Waals surface area contributed by atoms with Gasteiger partial charge in [0.15, 0.2) is 0 Å². The van der Waals surface area contributed by atoms with Crippen molar-refractivity contribution < 1.29 is 32.6 Å². The van der Waals surface area contributed by atoms with Gasteiger partial charge in [-0.05, 0) is 48.0 Å². The second-order valence-electron chi connectivity index (χ2n) is 7.69. The smallest absolute Gasteiger partial charge is 0.416 e. The third-order valence-electron chi connectivity index (χ3n) is 5.10. The van der Waals surface area contributed by atoms with Gasteiger partial charge in [-0.2, -0.15) is 13.2 Å². The highest BCUT2D eigenvalue weighted by atomic mass is 19.4. The quantitative estimate of drug-likeness (QED) is 0.450. The molecule has 0 aliphatic rings. The van der Waals surface area contributed by atoms with Gasteiger partial charge in [-0.25, -0.2) is 0 Å². The summed E-state index contributed by atoms with van der Waals surface area (Å²) in [6, 6.07) is 15.0. The fraction of sp³-hybridized carbons (Fsp3) is 0.240. The number of rotatable bonds is 9. The summed E-state index contributed by atoms with van der Waals surface area (Å²) in [6.07, 6.45) is -2.85. The average molecular weight is 472 g/mol. The number of ether oxygens (including phenoxy) is 1. The fourth-order valence-electron chi connectivity index (χ4n) is 3.10. The highest BCUT2D eigenvalue weighted by Crippen LogP contribution is 2.30. The van der Waals surface area contributed by atoms with Crippen molar-refractivity contribution in [3.8, 4) is 17.0 Å². The second kappa shape index (κ2) is 10.8. The van der Waals surface area contributed by atoms with Crippen LogP contribution in [-0.2, 0) is 11.0 Å². The first kappa shape index (κ1) is 24.8. The summed E-state index contributed by atoms with van der Waals surface area (Å²) in [4.78, 5) is 26.9. The van der Waals surface area contributed by atoms with Gasteiger partial charge in [0.05, 0.1) is 24.3 Å². The number of amides is 1. The lowest BCUT2D eigenvalue weighted by molar-refractivity contribution is -0.138. The zero-order chi connectivity index (χ0) is 24.7. The summed E-state index contributed by atoms with van der Waals surface area (Å²) in [5.74, 6) is -0.778. The van der Waals surface area contributed by atoms with E-state index in [1.807, 2.05) is 13.0 Å². The van der Waals surface area contributed by atoms with Crippen molar-refractivity contribution in [2.75, 3.05) is 13.2 Å². The number of nitrogens with zero attached hydrogens (tertiary/aromatic N) is 1. The summed E-state index contributed by atoms with van der Waals surface area (Å²) >= 11 is 0. The van der Waals surface area contributed by atoms with Crippen LogP contribution in [0.3, 0.4) is 0 Å². The minimum Gasteiger partial charge on any atom is -0.493 e. The van der Waals surface area contributed by atoms with Gasteiger partial charge >= 0.3 is 12.1 Å². The Morgan fingerprint density at radius 1 is 1.03 bits per heavy atom. The standard InChI is InChI=1S/C25H23F3N2O4/c1-16(15-34-21-9-4-18(5-10-21)24(33)29-13-12-23(31)32)19-6-11-22(30-14-19)17-2-7-20(8-3-17)25(26,27)28/h2-11,14,16H,12-13,15H2,1H3,(H,29,33)(H,31,32). The molecule has 2 aromatic carbocycles. The molecule has 0 saturated carbocycles. The molecule has 1 amide bonds. The van der Waals surface area contributed by atoms with Gasteiger partial charge in [0.2, 0.25) is 0 Å². The Hall–Kier alpha value is -3.88. The van der Waals surface area contributed by atoms with Gasteiger partial charge in [-0.1, -0.05) is 25.1 Å². The summed E-state index contributed by atoms with van der Waals surface area (Å²) < 4.78 is 43.9. The molecule has 3 rings (SSSR count). The number of alkyl halides is 3. The van der Waals surface area contributed by atoms with Crippen molar-refractivity contribution in [3.63, 3.8) is 0 Å². The van der Waals surface area contributed by atoms with Crippen LogP contribution in [0.5, 0.6) is 5.75 Å². The van der Waals surface area contributed by atoms with Crippen LogP contribution in [0.25, 0.3) is 11.3 Å². The molecular formula is C25H23F3N2O4. The maximum absolute atomic E-state index is 12.7. The van der Waals surface area contributed by atoms with Crippen LogP contribution < -0.4 is 10.1 Å². The number of carboxylic acid groups (broad SMARTS) is 1. The van der Waals surface area contributed by atoms with Crippen molar-refractivity contribution in [3.05, 3.63) is 83.6 Å². The second-order valence-corrected chi connectivity index (χ2v) is 7.69. The molecule has 6 nitrogen and oxygen atoms in total. The predicted molar refractivity (Wildman–Crippen MR) is 120 cm³/mol. The van der Waals surface area contributed by atoms with E-state index in [1.54, 1.807) is 36.5 Å². The van der Waals surface area contributed by atoms with Crippen LogP contribution in [0, 0.1) is 0 Å². The fourth-order valence-corrected chi connectivity index (χ4v) is 3.10. The monoisotopic (exact) mass is 472 g/mol. The zero-order valence-corrected chi connectivity index (χ0v) is 18.3. The summed E-state index contributed by atoms with van der Waals surface area (Å²) in [7, 11) is 0. The van der Waals surface area contributed by atoms with Crippen molar-refractivity contribution >= 4 is 11.9 Å². The lowest BCUT2D eigenvalue weighted by Crippen LogP contribution is -2.25. The van der Waals surface area contributed by atoms with Gasteiger partial charge < -0.3 is 15.2 Å². The molecule has 0 bridgehead atoms. The Morgan fingerprint density at radius 3 is 2.26 bits per heavy atom. The molecular weight excluding hydrogens is 449 g/mol. The van der Waals surface area contributed by atoms with E-state index in [1.165, 1.54) is 12.1 Å². The Labute approximate surface area is 194 Å². The van der Waals surface area contributed by atoms with E-state index in [2.05, 4.69) is 10.3 Å². The lowest BCUT2D eigenvalue weighted by Gasteiger charge is -2.14. The third kappa shape index (κ3) is 6.81. The number of aliphatic carboxylic acids is 1. The van der Waals surface area contributed by atoms with Crippen LogP contribution >= 0.6 is 0 Å². The Morgan fingerprint density at radius 2 is 1.71 bits per heavy atom. The molecule has 0 saturated heterocycles. The van der Waals surface area contributed by atoms with Gasteiger partial charge in [-0.3, -0.25) is 14.6 Å². The number of pyridine rings is 1. The van der Waals surface area contributed by atoms with Crippen LogP contribution in [0.1, 0.15) is 40.7 Å². The molecule has 2 N–H and O–H groups in total. The van der Waals surface area contributed by atoms with Gasteiger partial charge in [0.1, 0.15) is 5.75 Å². The van der Waals surface area contributed by atoms with Crippen LogP contribution in [0.15, 0.2) is 66.9 Å². The number of hydrogen-bond acceptors (Lipinski definition) is 4. The molecule has 1 heterocycles. The van der Waals surface area contributed by atoms with Crippen molar-refractivity contribution in [1.82, 2.24) is 10.3 Å². The number of benzene rings is 2. The molecule has 9 heteroatoms. The molecule has 1 atom stereocenters. The normalized spacial score (nSPS) is 12.1. The van der Waals surface area contributed by atoms with E-state index in [0.29, 0.717) is 29.2 Å². The molecule has 178 valence electrons. The van der Waals surface area contributed by atoms with E-state index in [9.17, 15) is 22.8 Å². The largest absolute Gasteiger partial charge is 0.493 e. The predicted octanol–water partition coefficient (Wildman–Crippen LogP) is 5.15. The average Bonchev–Trinajstić information content (AvgIpc) is 2.82. The number of carbonyl (C=O) groups excluding carboxylic acids is 1. The Bertz CT molecular complexity index is 1110.